The lowest BCUT2D eigenvalue weighted by molar-refractivity contribution is -0.137. The molecule has 1 atom stereocenters. The first kappa shape index (κ1) is 22.4. The number of carbonyl (C=O) groups is 1. The Morgan fingerprint density at radius 3 is 2.42 bits per heavy atom. The second kappa shape index (κ2) is 9.77. The van der Waals surface area contributed by atoms with E-state index in [1.165, 1.54) is 0 Å². The maximum atomic E-state index is 13.3. The number of anilines is 1. The summed E-state index contributed by atoms with van der Waals surface area (Å²) in [7, 11) is -3.01. The molecule has 0 spiro atoms. The Morgan fingerprint density at radius 2 is 1.77 bits per heavy atom. The molecule has 0 bridgehead atoms. The Kier molecular flexibility index (Phi) is 7.06. The second-order valence-corrected chi connectivity index (χ2v) is 11.2. The zero-order valence-corrected chi connectivity index (χ0v) is 19.4. The highest BCUT2D eigenvalue weighted by molar-refractivity contribution is 7.91. The number of benzene rings is 1. The number of hydrogen-bond acceptors (Lipinski definition) is 6. The van der Waals surface area contributed by atoms with Gasteiger partial charge < -0.3 is 14.5 Å². The van der Waals surface area contributed by atoms with Crippen LogP contribution in [0.3, 0.4) is 0 Å². The predicted octanol–water partition coefficient (Wildman–Crippen LogP) is 2.17. The number of para-hydroxylation sites is 2. The van der Waals surface area contributed by atoms with Crippen molar-refractivity contribution in [3.63, 3.8) is 0 Å². The van der Waals surface area contributed by atoms with Crippen LogP contribution in [0.25, 0.3) is 0 Å². The van der Waals surface area contributed by atoms with E-state index in [1.54, 1.807) is 0 Å². The van der Waals surface area contributed by atoms with Crippen LogP contribution < -0.4 is 9.64 Å². The molecule has 3 aliphatic rings. The van der Waals surface area contributed by atoms with Crippen molar-refractivity contribution in [2.45, 2.75) is 51.1 Å². The van der Waals surface area contributed by atoms with Gasteiger partial charge in [0.15, 0.2) is 9.84 Å². The van der Waals surface area contributed by atoms with Gasteiger partial charge in [0.25, 0.3) is 0 Å². The molecule has 0 N–H and O–H groups in total. The maximum absolute atomic E-state index is 13.3. The van der Waals surface area contributed by atoms with Crippen molar-refractivity contribution < 1.29 is 17.9 Å². The molecule has 0 aromatic heterocycles. The smallest absolute Gasteiger partial charge is 0.237 e. The molecule has 2 aliphatic heterocycles. The molecule has 2 saturated heterocycles. The van der Waals surface area contributed by atoms with Gasteiger partial charge in [-0.25, -0.2) is 8.42 Å². The van der Waals surface area contributed by atoms with Crippen LogP contribution in [0.15, 0.2) is 24.3 Å². The van der Waals surface area contributed by atoms with Gasteiger partial charge in [-0.1, -0.05) is 25.0 Å². The van der Waals surface area contributed by atoms with Gasteiger partial charge in [0.05, 0.1) is 30.3 Å². The highest BCUT2D eigenvalue weighted by Gasteiger charge is 2.39. The molecule has 0 unspecified atom stereocenters. The molecule has 3 fully saturated rings. The number of hydrogen-bond donors (Lipinski definition) is 0. The minimum absolute atomic E-state index is 0.108. The van der Waals surface area contributed by atoms with Gasteiger partial charge in [-0.15, -0.1) is 0 Å². The molecule has 31 heavy (non-hydrogen) atoms. The van der Waals surface area contributed by atoms with Gasteiger partial charge in [0, 0.05) is 38.3 Å². The first-order valence-electron chi connectivity index (χ1n) is 11.7. The summed E-state index contributed by atoms with van der Waals surface area (Å²) in [5, 5.41) is 0. The highest BCUT2D eigenvalue weighted by Crippen LogP contribution is 2.31. The summed E-state index contributed by atoms with van der Waals surface area (Å²) in [6, 6.07) is 8.19. The van der Waals surface area contributed by atoms with Gasteiger partial charge >= 0.3 is 0 Å². The average molecular weight is 450 g/mol. The molecule has 1 aliphatic carbocycles. The first-order valence-corrected chi connectivity index (χ1v) is 13.5. The van der Waals surface area contributed by atoms with Crippen molar-refractivity contribution in [3.05, 3.63) is 24.3 Å². The molecule has 1 amide bonds. The molecular formula is C23H35N3O4S. The van der Waals surface area contributed by atoms with Gasteiger partial charge in [0.1, 0.15) is 5.75 Å². The molecule has 172 valence electrons. The molecular weight excluding hydrogens is 414 g/mol. The summed E-state index contributed by atoms with van der Waals surface area (Å²) in [5.41, 5.74) is 1.11. The van der Waals surface area contributed by atoms with E-state index in [0.29, 0.717) is 19.6 Å². The lowest BCUT2D eigenvalue weighted by Crippen LogP contribution is -2.54. The van der Waals surface area contributed by atoms with Crippen molar-refractivity contribution in [2.75, 3.05) is 55.7 Å². The van der Waals surface area contributed by atoms with E-state index < -0.39 is 9.84 Å². The lowest BCUT2D eigenvalue weighted by Gasteiger charge is -2.39. The maximum Gasteiger partial charge on any atom is 0.237 e. The predicted molar refractivity (Wildman–Crippen MR) is 122 cm³/mol. The fourth-order valence-corrected chi connectivity index (χ4v) is 7.01. The van der Waals surface area contributed by atoms with Crippen LogP contribution in [0.1, 0.15) is 39.0 Å². The van der Waals surface area contributed by atoms with Gasteiger partial charge in [-0.05, 0) is 38.3 Å². The van der Waals surface area contributed by atoms with E-state index in [1.807, 2.05) is 30.0 Å². The van der Waals surface area contributed by atoms with Crippen molar-refractivity contribution in [3.8, 4) is 5.75 Å². The summed E-state index contributed by atoms with van der Waals surface area (Å²) < 4.78 is 29.9. The molecule has 7 nitrogen and oxygen atoms in total. The summed E-state index contributed by atoms with van der Waals surface area (Å²) in [6.07, 6.45) is 4.86. The zero-order chi connectivity index (χ0) is 21.8. The minimum atomic E-state index is -3.01. The average Bonchev–Trinajstić information content (AvgIpc) is 3.39. The van der Waals surface area contributed by atoms with E-state index in [2.05, 4.69) is 15.9 Å². The van der Waals surface area contributed by atoms with E-state index in [-0.39, 0.29) is 29.5 Å². The third-order valence-electron chi connectivity index (χ3n) is 6.84. The van der Waals surface area contributed by atoms with E-state index in [0.717, 1.165) is 63.3 Å². The summed E-state index contributed by atoms with van der Waals surface area (Å²) in [6.45, 7) is 6.33. The molecule has 2 heterocycles. The number of piperazine rings is 1. The van der Waals surface area contributed by atoms with Crippen LogP contribution in [0.5, 0.6) is 5.75 Å². The van der Waals surface area contributed by atoms with Crippen LogP contribution in [0.4, 0.5) is 5.69 Å². The van der Waals surface area contributed by atoms with E-state index >= 15 is 0 Å². The number of carbonyl (C=O) groups excluding carboxylic acids is 1. The number of rotatable bonds is 7. The van der Waals surface area contributed by atoms with Crippen molar-refractivity contribution in [1.29, 1.82) is 0 Å². The normalized spacial score (nSPS) is 24.4. The van der Waals surface area contributed by atoms with Crippen LogP contribution in [0, 0.1) is 0 Å². The van der Waals surface area contributed by atoms with Crippen LogP contribution in [-0.4, -0.2) is 87.0 Å². The molecule has 8 heteroatoms. The van der Waals surface area contributed by atoms with Crippen molar-refractivity contribution in [1.82, 2.24) is 9.80 Å². The quantitative estimate of drug-likeness (QED) is 0.635. The van der Waals surface area contributed by atoms with Gasteiger partial charge in [-0.3, -0.25) is 9.69 Å². The topological polar surface area (TPSA) is 70.2 Å². The Morgan fingerprint density at radius 1 is 1.06 bits per heavy atom. The number of nitrogens with zero attached hydrogens (tertiary/aromatic N) is 3. The number of ether oxygens (including phenoxy) is 1. The van der Waals surface area contributed by atoms with Gasteiger partial charge in [0.2, 0.25) is 5.91 Å². The summed E-state index contributed by atoms with van der Waals surface area (Å²) in [5.74, 6) is 1.37. The second-order valence-electron chi connectivity index (χ2n) is 8.96. The fraction of sp³-hybridized carbons (Fsp3) is 0.696. The van der Waals surface area contributed by atoms with Crippen LogP contribution in [0.2, 0.25) is 0 Å². The highest BCUT2D eigenvalue weighted by atomic mass is 32.2. The molecule has 4 rings (SSSR count). The summed E-state index contributed by atoms with van der Waals surface area (Å²) >= 11 is 0. The molecule has 0 radical (unpaired) electrons. The van der Waals surface area contributed by atoms with Crippen molar-refractivity contribution in [2.24, 2.45) is 0 Å². The third-order valence-corrected chi connectivity index (χ3v) is 8.60. The lowest BCUT2D eigenvalue weighted by atomic mass is 10.1. The van der Waals surface area contributed by atoms with Gasteiger partial charge in [-0.2, -0.15) is 0 Å². The largest absolute Gasteiger partial charge is 0.492 e. The first-order chi connectivity index (χ1) is 15.0. The standard InChI is InChI=1S/C23H35N3O4S/c1-2-30-22-10-6-5-9-21(22)25-14-12-24(13-15-25)17-23(27)26(19-7-3-4-8-19)20-11-16-31(28,29)18-20/h5-6,9-10,19-20H,2-4,7-8,11-18H2,1H3/t20-/m1/s1. The van der Waals surface area contributed by atoms with E-state index in [4.69, 9.17) is 4.74 Å². The summed E-state index contributed by atoms with van der Waals surface area (Å²) in [4.78, 5) is 19.8. The fourth-order valence-electron chi connectivity index (χ4n) is 5.30. The van der Waals surface area contributed by atoms with E-state index in [9.17, 15) is 13.2 Å². The van der Waals surface area contributed by atoms with Crippen LogP contribution >= 0.6 is 0 Å². The Balaban J connectivity index is 1.37. The molecule has 1 saturated carbocycles. The monoisotopic (exact) mass is 449 g/mol. The number of sulfone groups is 1. The number of amides is 1. The molecule has 1 aromatic rings. The Labute approximate surface area is 186 Å². The van der Waals surface area contributed by atoms with Crippen molar-refractivity contribution >= 4 is 21.4 Å². The Bertz CT molecular complexity index is 861. The van der Waals surface area contributed by atoms with Crippen LogP contribution in [-0.2, 0) is 14.6 Å². The minimum Gasteiger partial charge on any atom is -0.492 e. The third kappa shape index (κ3) is 5.34. The Hall–Kier alpha value is -1.80. The zero-order valence-electron chi connectivity index (χ0n) is 18.5. The molecule has 1 aromatic carbocycles. The SMILES string of the molecule is CCOc1ccccc1N1CCN(CC(=O)N(C2CCCC2)[C@@H]2CCS(=O)(=O)C2)CC1.